The highest BCUT2D eigenvalue weighted by atomic mass is 79.9. The summed E-state index contributed by atoms with van der Waals surface area (Å²) in [7, 11) is 0. The van der Waals surface area contributed by atoms with E-state index in [4.69, 9.17) is 11.6 Å². The maximum absolute atomic E-state index is 13.4. The van der Waals surface area contributed by atoms with E-state index in [0.717, 1.165) is 4.88 Å². The Balaban J connectivity index is 2.14. The third kappa shape index (κ3) is 3.14. The highest BCUT2D eigenvalue weighted by molar-refractivity contribution is 9.10. The fourth-order valence-electron chi connectivity index (χ4n) is 1.25. The van der Waals surface area contributed by atoms with Crippen LogP contribution in [0, 0.1) is 11.6 Å². The number of benzene rings is 1. The molecular weight excluding hydrogens is 334 g/mol. The average Bonchev–Trinajstić information content (AvgIpc) is 2.62. The predicted octanol–water partition coefficient (Wildman–Crippen LogP) is 4.45. The SMILES string of the molecule is Fc1cc(Br)cc(F)c1NCc1cnc(Cl)s1. The summed E-state index contributed by atoms with van der Waals surface area (Å²) >= 11 is 9.92. The van der Waals surface area contributed by atoms with E-state index < -0.39 is 11.6 Å². The van der Waals surface area contributed by atoms with Gasteiger partial charge >= 0.3 is 0 Å². The van der Waals surface area contributed by atoms with Gasteiger partial charge in [0.05, 0.1) is 6.54 Å². The van der Waals surface area contributed by atoms with Gasteiger partial charge in [0.25, 0.3) is 0 Å². The minimum Gasteiger partial charge on any atom is -0.375 e. The lowest BCUT2D eigenvalue weighted by Crippen LogP contribution is -2.02. The zero-order valence-corrected chi connectivity index (χ0v) is 11.5. The summed E-state index contributed by atoms with van der Waals surface area (Å²) in [5.74, 6) is -1.29. The van der Waals surface area contributed by atoms with Crippen molar-refractivity contribution in [2.75, 3.05) is 5.32 Å². The molecule has 2 rings (SSSR count). The summed E-state index contributed by atoms with van der Waals surface area (Å²) in [5.41, 5.74) is -0.155. The molecule has 0 radical (unpaired) electrons. The van der Waals surface area contributed by atoms with E-state index in [2.05, 4.69) is 26.2 Å². The molecule has 0 saturated heterocycles. The molecule has 2 nitrogen and oxygen atoms in total. The standard InChI is InChI=1S/C10H6BrClF2N2S/c11-5-1-7(13)9(8(14)2-5)15-3-6-4-16-10(12)17-6/h1-2,4,15H,3H2. The number of thiazole rings is 1. The molecule has 0 bridgehead atoms. The van der Waals surface area contributed by atoms with Gasteiger partial charge in [-0.25, -0.2) is 13.8 Å². The maximum atomic E-state index is 13.4. The van der Waals surface area contributed by atoms with Gasteiger partial charge in [0.2, 0.25) is 0 Å². The Bertz CT molecular complexity index is 524. The van der Waals surface area contributed by atoms with Gasteiger partial charge in [-0.2, -0.15) is 0 Å². The Labute approximate surface area is 114 Å². The molecule has 0 spiro atoms. The van der Waals surface area contributed by atoms with Crippen molar-refractivity contribution >= 4 is 44.6 Å². The number of halogens is 4. The van der Waals surface area contributed by atoms with Gasteiger partial charge in [0.15, 0.2) is 4.47 Å². The molecule has 1 aromatic heterocycles. The molecule has 2 aromatic rings. The van der Waals surface area contributed by atoms with Gasteiger partial charge in [-0.3, -0.25) is 0 Å². The van der Waals surface area contributed by atoms with Crippen LogP contribution in [0.4, 0.5) is 14.5 Å². The average molecular weight is 340 g/mol. The van der Waals surface area contributed by atoms with E-state index in [9.17, 15) is 8.78 Å². The van der Waals surface area contributed by atoms with Crippen molar-refractivity contribution in [1.82, 2.24) is 4.98 Å². The summed E-state index contributed by atoms with van der Waals surface area (Å²) in [6.45, 7) is 0.278. The maximum Gasteiger partial charge on any atom is 0.183 e. The Kier molecular flexibility index (Phi) is 3.96. The monoisotopic (exact) mass is 338 g/mol. The van der Waals surface area contributed by atoms with Crippen molar-refractivity contribution in [1.29, 1.82) is 0 Å². The number of rotatable bonds is 3. The minimum absolute atomic E-state index is 0.155. The summed E-state index contributed by atoms with van der Waals surface area (Å²) in [6, 6.07) is 2.40. The van der Waals surface area contributed by atoms with E-state index >= 15 is 0 Å². The molecule has 0 aliphatic carbocycles. The molecule has 90 valence electrons. The van der Waals surface area contributed by atoms with Crippen molar-refractivity contribution in [2.24, 2.45) is 0 Å². The highest BCUT2D eigenvalue weighted by Crippen LogP contribution is 2.25. The zero-order valence-electron chi connectivity index (χ0n) is 8.31. The molecule has 0 fully saturated rings. The van der Waals surface area contributed by atoms with Crippen molar-refractivity contribution in [3.8, 4) is 0 Å². The van der Waals surface area contributed by atoms with Gasteiger partial charge in [-0.05, 0) is 12.1 Å². The number of anilines is 1. The quantitative estimate of drug-likeness (QED) is 0.893. The number of hydrogen-bond acceptors (Lipinski definition) is 3. The van der Waals surface area contributed by atoms with Crippen LogP contribution in [0.5, 0.6) is 0 Å². The molecule has 1 heterocycles. The van der Waals surface area contributed by atoms with Crippen LogP contribution >= 0.6 is 38.9 Å². The van der Waals surface area contributed by atoms with Crippen molar-refractivity contribution in [2.45, 2.75) is 6.54 Å². The lowest BCUT2D eigenvalue weighted by molar-refractivity contribution is 0.586. The molecule has 17 heavy (non-hydrogen) atoms. The smallest absolute Gasteiger partial charge is 0.183 e. The minimum atomic E-state index is -0.646. The first kappa shape index (κ1) is 12.7. The van der Waals surface area contributed by atoms with Gasteiger partial charge < -0.3 is 5.32 Å². The topological polar surface area (TPSA) is 24.9 Å². The summed E-state index contributed by atoms with van der Waals surface area (Å²) in [6.07, 6.45) is 1.56. The lowest BCUT2D eigenvalue weighted by atomic mass is 10.3. The van der Waals surface area contributed by atoms with Crippen LogP contribution in [0.25, 0.3) is 0 Å². The van der Waals surface area contributed by atoms with Crippen LogP contribution in [0.1, 0.15) is 4.88 Å². The molecule has 1 N–H and O–H groups in total. The highest BCUT2D eigenvalue weighted by Gasteiger charge is 2.10. The molecule has 7 heteroatoms. The predicted molar refractivity (Wildman–Crippen MR) is 68.5 cm³/mol. The van der Waals surface area contributed by atoms with Crippen molar-refractivity contribution < 1.29 is 8.78 Å². The second kappa shape index (κ2) is 5.29. The van der Waals surface area contributed by atoms with Crippen molar-refractivity contribution in [3.05, 3.63) is 43.8 Å². The molecule has 0 amide bonds. The summed E-state index contributed by atoms with van der Waals surface area (Å²) in [4.78, 5) is 4.64. The lowest BCUT2D eigenvalue weighted by Gasteiger charge is -2.07. The van der Waals surface area contributed by atoms with E-state index in [1.165, 1.54) is 23.5 Å². The number of hydrogen-bond donors (Lipinski definition) is 1. The fraction of sp³-hybridized carbons (Fsp3) is 0.100. The van der Waals surface area contributed by atoms with E-state index in [0.29, 0.717) is 8.94 Å². The van der Waals surface area contributed by atoms with Crippen LogP contribution < -0.4 is 5.32 Å². The van der Waals surface area contributed by atoms with Crippen LogP contribution in [0.15, 0.2) is 22.8 Å². The van der Waals surface area contributed by atoms with Gasteiger partial charge in [0.1, 0.15) is 17.3 Å². The van der Waals surface area contributed by atoms with Crippen LogP contribution in [-0.4, -0.2) is 4.98 Å². The molecule has 1 aromatic carbocycles. The fourth-order valence-corrected chi connectivity index (χ4v) is 2.57. The van der Waals surface area contributed by atoms with Gasteiger partial charge in [-0.1, -0.05) is 27.5 Å². The Morgan fingerprint density at radius 1 is 1.35 bits per heavy atom. The number of nitrogens with zero attached hydrogens (tertiary/aromatic N) is 1. The first-order chi connectivity index (χ1) is 8.06. The van der Waals surface area contributed by atoms with E-state index in [-0.39, 0.29) is 12.2 Å². The van der Waals surface area contributed by atoms with Crippen LogP contribution in [0.3, 0.4) is 0 Å². The largest absolute Gasteiger partial charge is 0.375 e. The Morgan fingerprint density at radius 3 is 2.53 bits per heavy atom. The first-order valence-corrected chi connectivity index (χ1v) is 6.53. The first-order valence-electron chi connectivity index (χ1n) is 4.55. The molecule has 0 atom stereocenters. The Morgan fingerprint density at radius 2 is 2.00 bits per heavy atom. The second-order valence-corrected chi connectivity index (χ2v) is 5.79. The normalized spacial score (nSPS) is 10.6. The van der Waals surface area contributed by atoms with E-state index in [1.54, 1.807) is 6.20 Å². The van der Waals surface area contributed by atoms with E-state index in [1.807, 2.05) is 0 Å². The van der Waals surface area contributed by atoms with Crippen LogP contribution in [0.2, 0.25) is 4.47 Å². The van der Waals surface area contributed by atoms with Gasteiger partial charge in [-0.15, -0.1) is 11.3 Å². The number of aromatic nitrogens is 1. The molecular formula is C10H6BrClF2N2S. The second-order valence-electron chi connectivity index (χ2n) is 3.18. The van der Waals surface area contributed by atoms with Gasteiger partial charge in [0, 0.05) is 15.5 Å². The third-order valence-electron chi connectivity index (χ3n) is 1.97. The van der Waals surface area contributed by atoms with Crippen molar-refractivity contribution in [3.63, 3.8) is 0 Å². The number of nitrogens with one attached hydrogen (secondary N) is 1. The zero-order chi connectivity index (χ0) is 12.4. The molecule has 0 unspecified atom stereocenters. The summed E-state index contributed by atoms with van der Waals surface area (Å²) < 4.78 is 27.7. The Hall–Kier alpha value is -0.720. The summed E-state index contributed by atoms with van der Waals surface area (Å²) in [5, 5.41) is 2.68. The third-order valence-corrected chi connectivity index (χ3v) is 3.54. The molecule has 0 aliphatic rings. The van der Waals surface area contributed by atoms with Crippen LogP contribution in [-0.2, 0) is 6.54 Å². The molecule has 0 saturated carbocycles. The molecule has 0 aliphatic heterocycles.